The van der Waals surface area contributed by atoms with E-state index < -0.39 is 14.9 Å². The van der Waals surface area contributed by atoms with Crippen LogP contribution in [0.15, 0.2) is 53.9 Å². The highest BCUT2D eigenvalue weighted by Gasteiger charge is 2.15. The molecular formula is C16H17N7O4S. The van der Waals surface area contributed by atoms with E-state index in [0.717, 1.165) is 18.0 Å². The van der Waals surface area contributed by atoms with Crippen LogP contribution in [0, 0.1) is 17.0 Å². The number of sulfonamides is 1. The number of nitrogens with zero attached hydrogens (tertiary/aromatic N) is 5. The van der Waals surface area contributed by atoms with Gasteiger partial charge >= 0.3 is 0 Å². The first-order valence-corrected chi connectivity index (χ1v) is 9.65. The molecule has 0 aliphatic carbocycles. The topological polar surface area (TPSA) is 145 Å². The molecular weight excluding hydrogens is 386 g/mol. The van der Waals surface area contributed by atoms with Crippen molar-refractivity contribution in [2.45, 2.75) is 11.8 Å². The normalized spacial score (nSPS) is 11.3. The first kappa shape index (κ1) is 19.4. The lowest BCUT2D eigenvalue weighted by molar-refractivity contribution is -0.384. The Morgan fingerprint density at radius 2 is 1.89 bits per heavy atom. The lowest BCUT2D eigenvalue weighted by Gasteiger charge is -2.09. The minimum absolute atomic E-state index is 0.0435. The molecule has 1 aromatic carbocycles. The Hall–Kier alpha value is -3.38. The minimum Gasteiger partial charge on any atom is -0.369 e. The number of hydrogen-bond acceptors (Lipinski definition) is 8. The van der Waals surface area contributed by atoms with E-state index in [0.29, 0.717) is 11.6 Å². The smallest absolute Gasteiger partial charge is 0.269 e. The van der Waals surface area contributed by atoms with Crippen LogP contribution in [-0.2, 0) is 10.0 Å². The Labute approximate surface area is 160 Å². The number of rotatable bonds is 8. The molecule has 11 nitrogen and oxygen atoms in total. The molecule has 3 aromatic rings. The van der Waals surface area contributed by atoms with Gasteiger partial charge in [0, 0.05) is 43.7 Å². The molecule has 0 radical (unpaired) electrons. The molecule has 0 bridgehead atoms. The van der Waals surface area contributed by atoms with Gasteiger partial charge in [-0.05, 0) is 19.1 Å². The monoisotopic (exact) mass is 403 g/mol. The summed E-state index contributed by atoms with van der Waals surface area (Å²) in [6, 6.07) is 6.40. The Bertz CT molecular complexity index is 1080. The summed E-state index contributed by atoms with van der Waals surface area (Å²) in [5.74, 6) is 1.95. The first-order chi connectivity index (χ1) is 13.4. The van der Waals surface area contributed by atoms with Gasteiger partial charge in [-0.25, -0.2) is 28.1 Å². The molecule has 0 atom stereocenters. The third-order valence-corrected chi connectivity index (χ3v) is 5.28. The fraction of sp³-hybridized carbons (Fsp3) is 0.188. The molecule has 3 rings (SSSR count). The van der Waals surface area contributed by atoms with Crippen molar-refractivity contribution in [1.82, 2.24) is 24.2 Å². The third-order valence-electron chi connectivity index (χ3n) is 3.81. The molecule has 0 saturated heterocycles. The second kappa shape index (κ2) is 8.10. The van der Waals surface area contributed by atoms with Gasteiger partial charge in [-0.3, -0.25) is 14.7 Å². The van der Waals surface area contributed by atoms with Crippen LogP contribution in [0.1, 0.15) is 5.82 Å². The van der Waals surface area contributed by atoms with Crippen molar-refractivity contribution >= 4 is 21.5 Å². The van der Waals surface area contributed by atoms with Crippen LogP contribution in [0.2, 0.25) is 0 Å². The van der Waals surface area contributed by atoms with Crippen molar-refractivity contribution in [3.8, 4) is 5.82 Å². The second-order valence-corrected chi connectivity index (χ2v) is 7.45. The summed E-state index contributed by atoms with van der Waals surface area (Å²) in [4.78, 5) is 22.4. The predicted octanol–water partition coefficient (Wildman–Crippen LogP) is 1.27. The van der Waals surface area contributed by atoms with E-state index in [2.05, 4.69) is 25.0 Å². The predicted molar refractivity (Wildman–Crippen MR) is 101 cm³/mol. The van der Waals surface area contributed by atoms with Crippen LogP contribution in [0.4, 0.5) is 11.5 Å². The Kier molecular flexibility index (Phi) is 5.61. The van der Waals surface area contributed by atoms with Crippen molar-refractivity contribution in [2.75, 3.05) is 18.4 Å². The molecule has 0 spiro atoms. The van der Waals surface area contributed by atoms with Crippen LogP contribution in [0.3, 0.4) is 0 Å². The summed E-state index contributed by atoms with van der Waals surface area (Å²) < 4.78 is 28.7. The summed E-state index contributed by atoms with van der Waals surface area (Å²) in [7, 11) is -3.76. The highest BCUT2D eigenvalue weighted by atomic mass is 32.2. The summed E-state index contributed by atoms with van der Waals surface area (Å²) in [5, 5.41) is 13.7. The molecule has 0 unspecified atom stereocenters. The van der Waals surface area contributed by atoms with Crippen LogP contribution in [0.5, 0.6) is 0 Å². The number of anilines is 1. The van der Waals surface area contributed by atoms with Crippen LogP contribution in [0.25, 0.3) is 5.82 Å². The SMILES string of the molecule is Cc1nccn1-c1cc(NCCNS(=O)(=O)c2ccc([N+](=O)[O-])cc2)ncn1. The van der Waals surface area contributed by atoms with Gasteiger partial charge in [-0.15, -0.1) is 0 Å². The van der Waals surface area contributed by atoms with E-state index in [1.807, 2.05) is 6.92 Å². The highest BCUT2D eigenvalue weighted by Crippen LogP contribution is 2.15. The van der Waals surface area contributed by atoms with Crippen LogP contribution >= 0.6 is 0 Å². The molecule has 2 N–H and O–H groups in total. The maximum atomic E-state index is 12.2. The van der Waals surface area contributed by atoms with Gasteiger partial charge in [0.2, 0.25) is 10.0 Å². The van der Waals surface area contributed by atoms with Gasteiger partial charge in [0.25, 0.3) is 5.69 Å². The molecule has 0 aliphatic heterocycles. The van der Waals surface area contributed by atoms with Crippen molar-refractivity contribution in [1.29, 1.82) is 0 Å². The van der Waals surface area contributed by atoms with Crippen LogP contribution < -0.4 is 10.0 Å². The first-order valence-electron chi connectivity index (χ1n) is 8.17. The average molecular weight is 403 g/mol. The lowest BCUT2D eigenvalue weighted by atomic mass is 10.3. The fourth-order valence-electron chi connectivity index (χ4n) is 2.40. The number of aromatic nitrogens is 4. The van der Waals surface area contributed by atoms with E-state index >= 15 is 0 Å². The summed E-state index contributed by atoms with van der Waals surface area (Å²) in [5.41, 5.74) is -0.173. The third kappa shape index (κ3) is 4.47. The van der Waals surface area contributed by atoms with Crippen LogP contribution in [-0.4, -0.2) is 45.9 Å². The van der Waals surface area contributed by atoms with Crippen molar-refractivity contribution in [3.63, 3.8) is 0 Å². The molecule has 0 fully saturated rings. The van der Waals surface area contributed by atoms with Crippen molar-refractivity contribution < 1.29 is 13.3 Å². The van der Waals surface area contributed by atoms with E-state index in [9.17, 15) is 18.5 Å². The highest BCUT2D eigenvalue weighted by molar-refractivity contribution is 7.89. The number of imidazole rings is 1. The molecule has 28 heavy (non-hydrogen) atoms. The largest absolute Gasteiger partial charge is 0.369 e. The molecule has 0 aliphatic rings. The Balaban J connectivity index is 1.57. The van der Waals surface area contributed by atoms with Gasteiger partial charge in [0.15, 0.2) is 0 Å². The number of non-ortho nitro benzene ring substituents is 1. The Morgan fingerprint density at radius 1 is 1.14 bits per heavy atom. The van der Waals surface area contributed by atoms with Gasteiger partial charge in [0.05, 0.1) is 9.82 Å². The van der Waals surface area contributed by atoms with Crippen molar-refractivity contribution in [3.05, 3.63) is 65.0 Å². The summed E-state index contributed by atoms with van der Waals surface area (Å²) in [6.07, 6.45) is 4.84. The van der Waals surface area contributed by atoms with E-state index in [1.54, 1.807) is 23.0 Å². The quantitative estimate of drug-likeness (QED) is 0.325. The molecule has 146 valence electrons. The maximum Gasteiger partial charge on any atom is 0.269 e. The average Bonchev–Trinajstić information content (AvgIpc) is 3.11. The van der Waals surface area contributed by atoms with Gasteiger partial charge in [-0.2, -0.15) is 0 Å². The zero-order valence-electron chi connectivity index (χ0n) is 14.8. The number of nitrogens with one attached hydrogen (secondary N) is 2. The standard InChI is InChI=1S/C16H17N7O4S/c1-12-17-8-9-22(12)16-10-15(19-11-20-16)18-6-7-21-28(26,27)14-4-2-13(3-5-14)23(24)25/h2-5,8-11,21H,6-7H2,1H3,(H,18,19,20). The lowest BCUT2D eigenvalue weighted by Crippen LogP contribution is -2.29. The zero-order valence-corrected chi connectivity index (χ0v) is 15.6. The molecule has 2 aromatic heterocycles. The van der Waals surface area contributed by atoms with E-state index in [4.69, 9.17) is 0 Å². The van der Waals surface area contributed by atoms with Gasteiger partial charge in [0.1, 0.15) is 23.8 Å². The summed E-state index contributed by atoms with van der Waals surface area (Å²) in [6.45, 7) is 2.23. The number of nitro benzene ring substituents is 1. The molecule has 12 heteroatoms. The molecule has 0 amide bonds. The molecule has 0 saturated carbocycles. The number of hydrogen-bond donors (Lipinski definition) is 2. The molecule has 2 heterocycles. The van der Waals surface area contributed by atoms with Crippen molar-refractivity contribution in [2.24, 2.45) is 0 Å². The van der Waals surface area contributed by atoms with Gasteiger partial charge in [-0.1, -0.05) is 0 Å². The number of nitro groups is 1. The van der Waals surface area contributed by atoms with Gasteiger partial charge < -0.3 is 5.32 Å². The summed E-state index contributed by atoms with van der Waals surface area (Å²) >= 11 is 0. The Morgan fingerprint density at radius 3 is 2.54 bits per heavy atom. The maximum absolute atomic E-state index is 12.2. The van der Waals surface area contributed by atoms with E-state index in [1.165, 1.54) is 18.5 Å². The number of aryl methyl sites for hydroxylation is 1. The zero-order chi connectivity index (χ0) is 20.1. The second-order valence-electron chi connectivity index (χ2n) is 5.68. The van der Waals surface area contributed by atoms with E-state index in [-0.39, 0.29) is 23.7 Å². The number of benzene rings is 1. The fourth-order valence-corrected chi connectivity index (χ4v) is 3.43. The minimum atomic E-state index is -3.76.